The van der Waals surface area contributed by atoms with Crippen molar-refractivity contribution in [1.29, 1.82) is 5.26 Å². The van der Waals surface area contributed by atoms with E-state index in [1.54, 1.807) is 23.1 Å². The van der Waals surface area contributed by atoms with Crippen LogP contribution in [0.4, 0.5) is 9.80 Å². The van der Waals surface area contributed by atoms with E-state index in [0.717, 1.165) is 29.7 Å². The quantitative estimate of drug-likeness (QED) is 0.713. The number of carbonyl (C=O) groups excluding carboxylic acids is 2. The fraction of sp³-hybridized carbons (Fsp3) is 0.409. The minimum Gasteiger partial charge on any atom is -0.465 e. The molecule has 4 rings (SSSR count). The molecule has 0 radical (unpaired) electrons. The first kappa shape index (κ1) is 21.2. The number of thiophene rings is 1. The van der Waals surface area contributed by atoms with Crippen molar-refractivity contribution in [3.05, 3.63) is 46.2 Å². The van der Waals surface area contributed by atoms with Crippen molar-refractivity contribution in [2.75, 3.05) is 38.2 Å². The smallest absolute Gasteiger partial charge is 0.409 e. The number of hydrogen-bond acceptors (Lipinski definition) is 7. The Morgan fingerprint density at radius 2 is 2.23 bits per heavy atom. The van der Waals surface area contributed by atoms with Gasteiger partial charge in [0.1, 0.15) is 16.8 Å². The average Bonchev–Trinajstić information content (AvgIpc) is 3.43. The molecule has 1 aliphatic carbocycles. The van der Waals surface area contributed by atoms with Crippen LogP contribution in [0.25, 0.3) is 6.08 Å². The maximum atomic E-state index is 12.3. The monoisotopic (exact) mass is 441 g/mol. The Morgan fingerprint density at radius 1 is 1.39 bits per heavy atom. The Labute approximate surface area is 184 Å². The number of hydrogen-bond donors (Lipinski definition) is 1. The highest BCUT2D eigenvalue weighted by molar-refractivity contribution is 7.16. The number of anilines is 1. The highest BCUT2D eigenvalue weighted by atomic mass is 32.1. The molecule has 8 nitrogen and oxygen atoms in total. The van der Waals surface area contributed by atoms with Gasteiger partial charge in [0.05, 0.1) is 31.6 Å². The first-order valence-electron chi connectivity index (χ1n) is 10.2. The van der Waals surface area contributed by atoms with E-state index in [1.165, 1.54) is 23.7 Å². The molecule has 0 bridgehead atoms. The maximum Gasteiger partial charge on any atom is 0.409 e. The second kappa shape index (κ2) is 9.81. The predicted molar refractivity (Wildman–Crippen MR) is 115 cm³/mol. The van der Waals surface area contributed by atoms with Crippen molar-refractivity contribution >= 4 is 34.4 Å². The van der Waals surface area contributed by atoms with Gasteiger partial charge in [-0.25, -0.2) is 4.79 Å². The van der Waals surface area contributed by atoms with Crippen LogP contribution in [0.5, 0.6) is 0 Å². The normalized spacial score (nSPS) is 18.4. The van der Waals surface area contributed by atoms with E-state index in [0.29, 0.717) is 49.2 Å². The molecular formula is C22H23N3O5S. The summed E-state index contributed by atoms with van der Waals surface area (Å²) in [6.45, 7) is 2.55. The zero-order chi connectivity index (χ0) is 21.6. The summed E-state index contributed by atoms with van der Waals surface area (Å²) in [5, 5.41) is 13.0. The zero-order valence-corrected chi connectivity index (χ0v) is 17.8. The molecule has 2 aromatic heterocycles. The molecule has 0 saturated carbocycles. The van der Waals surface area contributed by atoms with Crippen molar-refractivity contribution < 1.29 is 23.5 Å². The van der Waals surface area contributed by atoms with E-state index in [4.69, 9.17) is 13.9 Å². The van der Waals surface area contributed by atoms with E-state index >= 15 is 0 Å². The van der Waals surface area contributed by atoms with E-state index in [2.05, 4.69) is 11.4 Å². The first-order chi connectivity index (χ1) is 15.1. The van der Waals surface area contributed by atoms with Crippen molar-refractivity contribution in [3.63, 3.8) is 0 Å². The maximum absolute atomic E-state index is 12.3. The van der Waals surface area contributed by atoms with Gasteiger partial charge in [-0.05, 0) is 49.0 Å². The lowest BCUT2D eigenvalue weighted by Crippen LogP contribution is -2.41. The lowest BCUT2D eigenvalue weighted by Gasteiger charge is -2.27. The summed E-state index contributed by atoms with van der Waals surface area (Å²) in [5.41, 5.74) is 1.53. The summed E-state index contributed by atoms with van der Waals surface area (Å²) in [7, 11) is 0. The summed E-state index contributed by atoms with van der Waals surface area (Å²) in [5.74, 6) is 0.461. The molecule has 2 aromatic rings. The van der Waals surface area contributed by atoms with E-state index in [1.807, 2.05) is 0 Å². The predicted octanol–water partition coefficient (Wildman–Crippen LogP) is 3.44. The van der Waals surface area contributed by atoms with Crippen molar-refractivity contribution in [3.8, 4) is 6.07 Å². The number of nitrogens with zero attached hydrogens (tertiary/aromatic N) is 2. The van der Waals surface area contributed by atoms with Gasteiger partial charge in [0.15, 0.2) is 0 Å². The van der Waals surface area contributed by atoms with Crippen LogP contribution in [0, 0.1) is 17.2 Å². The van der Waals surface area contributed by atoms with Crippen LogP contribution < -0.4 is 5.32 Å². The molecule has 1 fully saturated rings. The number of ether oxygens (including phenoxy) is 2. The van der Waals surface area contributed by atoms with E-state index < -0.39 is 0 Å². The van der Waals surface area contributed by atoms with Gasteiger partial charge in [-0.15, -0.1) is 11.3 Å². The average molecular weight is 442 g/mol. The number of fused-ring (bicyclic) bond motifs is 1. The van der Waals surface area contributed by atoms with Gasteiger partial charge in [-0.1, -0.05) is 0 Å². The fourth-order valence-corrected chi connectivity index (χ4v) is 5.04. The number of carbonyl (C=O) groups is 2. The molecule has 9 heteroatoms. The second-order valence-electron chi connectivity index (χ2n) is 7.44. The van der Waals surface area contributed by atoms with Crippen molar-refractivity contribution in [1.82, 2.24) is 4.90 Å². The summed E-state index contributed by atoms with van der Waals surface area (Å²) >= 11 is 1.43. The van der Waals surface area contributed by atoms with Crippen LogP contribution >= 0.6 is 11.3 Å². The van der Waals surface area contributed by atoms with Gasteiger partial charge in [-0.3, -0.25) is 4.79 Å². The molecule has 1 N–H and O–H groups in total. The van der Waals surface area contributed by atoms with Crippen LogP contribution in [0.2, 0.25) is 0 Å². The molecule has 162 valence electrons. The highest BCUT2D eigenvalue weighted by Crippen LogP contribution is 2.39. The Morgan fingerprint density at radius 3 is 2.97 bits per heavy atom. The largest absolute Gasteiger partial charge is 0.465 e. The van der Waals surface area contributed by atoms with Crippen LogP contribution in [0.15, 0.2) is 28.9 Å². The molecular weight excluding hydrogens is 418 g/mol. The third-order valence-electron chi connectivity index (χ3n) is 5.37. The Balaban J connectivity index is 1.36. The van der Waals surface area contributed by atoms with Gasteiger partial charge in [0.2, 0.25) is 5.91 Å². The lowest BCUT2D eigenvalue weighted by molar-refractivity contribution is -0.111. The Kier molecular flexibility index (Phi) is 6.70. The second-order valence-corrected chi connectivity index (χ2v) is 8.55. The Bertz CT molecular complexity index is 999. The molecule has 2 aliphatic rings. The SMILES string of the molecule is N#Cc1c(NC(=O)/C=C/c2ccco2)sc2c1CCC(COC(=O)N1CCOCC1)C2. The molecule has 1 saturated heterocycles. The van der Waals surface area contributed by atoms with Crippen molar-refractivity contribution in [2.24, 2.45) is 5.92 Å². The van der Waals surface area contributed by atoms with E-state index in [-0.39, 0.29) is 17.9 Å². The summed E-state index contributed by atoms with van der Waals surface area (Å²) < 4.78 is 15.9. The van der Waals surface area contributed by atoms with Gasteiger partial charge < -0.3 is 24.1 Å². The van der Waals surface area contributed by atoms with Crippen LogP contribution in [-0.2, 0) is 27.1 Å². The molecule has 0 aromatic carbocycles. The number of rotatable bonds is 5. The number of amides is 2. The van der Waals surface area contributed by atoms with Crippen LogP contribution in [0.1, 0.15) is 28.2 Å². The third-order valence-corrected chi connectivity index (χ3v) is 6.54. The highest BCUT2D eigenvalue weighted by Gasteiger charge is 2.28. The van der Waals surface area contributed by atoms with E-state index in [9.17, 15) is 14.9 Å². The molecule has 1 aliphatic heterocycles. The molecule has 2 amide bonds. The zero-order valence-electron chi connectivity index (χ0n) is 17.0. The lowest BCUT2D eigenvalue weighted by atomic mass is 9.88. The Hall–Kier alpha value is -3.09. The third kappa shape index (κ3) is 5.16. The molecule has 1 atom stereocenters. The minimum atomic E-state index is -0.317. The fourth-order valence-electron chi connectivity index (χ4n) is 3.73. The van der Waals surface area contributed by atoms with Gasteiger partial charge in [0.25, 0.3) is 0 Å². The van der Waals surface area contributed by atoms with Crippen LogP contribution in [0.3, 0.4) is 0 Å². The molecule has 1 unspecified atom stereocenters. The molecule has 0 spiro atoms. The molecule has 3 heterocycles. The van der Waals surface area contributed by atoms with Gasteiger partial charge in [0, 0.05) is 24.0 Å². The summed E-state index contributed by atoms with van der Waals surface area (Å²) in [6, 6.07) is 5.73. The number of nitriles is 1. The first-order valence-corrected chi connectivity index (χ1v) is 11.0. The van der Waals surface area contributed by atoms with Crippen LogP contribution in [-0.4, -0.2) is 49.8 Å². The summed E-state index contributed by atoms with van der Waals surface area (Å²) in [6.07, 6.45) is 6.48. The summed E-state index contributed by atoms with van der Waals surface area (Å²) in [4.78, 5) is 27.2. The number of furan rings is 1. The molecule has 31 heavy (non-hydrogen) atoms. The van der Waals surface area contributed by atoms with Crippen molar-refractivity contribution in [2.45, 2.75) is 19.3 Å². The minimum absolute atomic E-state index is 0.199. The standard InChI is InChI=1S/C22H23N3O5S/c23-13-18-17-5-3-15(14-30-22(27)25-7-10-28-11-8-25)12-19(17)31-21(18)24-20(26)6-4-16-2-1-9-29-16/h1-2,4,6,9,15H,3,5,7-8,10-12,14H2,(H,24,26)/b6-4+. The van der Waals surface area contributed by atoms with Gasteiger partial charge in [-0.2, -0.15) is 5.26 Å². The number of morpholine rings is 1. The number of nitrogens with one attached hydrogen (secondary N) is 1. The topological polar surface area (TPSA) is 105 Å². The van der Waals surface area contributed by atoms with Gasteiger partial charge >= 0.3 is 6.09 Å².